The van der Waals surface area contributed by atoms with Crippen molar-refractivity contribution in [2.24, 2.45) is 7.05 Å². The van der Waals surface area contributed by atoms with Crippen LogP contribution in [-0.2, 0) is 30.2 Å². The molecule has 0 bridgehead atoms. The first-order chi connectivity index (χ1) is 9.01. The van der Waals surface area contributed by atoms with Gasteiger partial charge in [0.2, 0.25) is 10.0 Å². The molecular formula is C12H15N3O3S. The Balaban J connectivity index is 2.05. The van der Waals surface area contributed by atoms with E-state index in [1.54, 1.807) is 31.3 Å². The lowest BCUT2D eigenvalue weighted by Gasteiger charge is -2.05. The molecule has 7 heteroatoms. The lowest BCUT2D eigenvalue weighted by atomic mass is 10.1. The van der Waals surface area contributed by atoms with Crippen molar-refractivity contribution in [3.63, 3.8) is 0 Å². The molecule has 2 rings (SSSR count). The summed E-state index contributed by atoms with van der Waals surface area (Å²) in [6.45, 7) is 0.171. The number of aryl methyl sites for hydroxylation is 1. The highest BCUT2D eigenvalue weighted by Gasteiger charge is 2.15. The minimum atomic E-state index is -3.54. The van der Waals surface area contributed by atoms with Gasteiger partial charge in [-0.2, -0.15) is 5.10 Å². The van der Waals surface area contributed by atoms with Crippen LogP contribution in [0, 0.1) is 0 Å². The van der Waals surface area contributed by atoms with Gasteiger partial charge < -0.3 is 5.11 Å². The van der Waals surface area contributed by atoms with Crippen LogP contribution in [-0.4, -0.2) is 23.3 Å². The Hall–Kier alpha value is -1.70. The summed E-state index contributed by atoms with van der Waals surface area (Å²) in [5.74, 6) is 0. The van der Waals surface area contributed by atoms with E-state index in [4.69, 9.17) is 5.11 Å². The first-order valence-electron chi connectivity index (χ1n) is 5.68. The van der Waals surface area contributed by atoms with Gasteiger partial charge in [-0.05, 0) is 11.1 Å². The van der Waals surface area contributed by atoms with E-state index in [0.29, 0.717) is 0 Å². The van der Waals surface area contributed by atoms with Crippen molar-refractivity contribution < 1.29 is 13.5 Å². The zero-order valence-corrected chi connectivity index (χ0v) is 11.3. The lowest BCUT2D eigenvalue weighted by molar-refractivity contribution is 0.282. The van der Waals surface area contributed by atoms with Crippen LogP contribution in [0.2, 0.25) is 0 Å². The summed E-state index contributed by atoms with van der Waals surface area (Å²) in [5, 5.41) is 12.7. The molecule has 0 radical (unpaired) electrons. The zero-order chi connectivity index (χ0) is 13.9. The highest BCUT2D eigenvalue weighted by Crippen LogP contribution is 2.08. The van der Waals surface area contributed by atoms with Crippen molar-refractivity contribution in [3.8, 4) is 0 Å². The summed E-state index contributed by atoms with van der Waals surface area (Å²) < 4.78 is 27.8. The first-order valence-corrected chi connectivity index (χ1v) is 7.16. The van der Waals surface area contributed by atoms with E-state index >= 15 is 0 Å². The van der Waals surface area contributed by atoms with E-state index in [1.807, 2.05) is 0 Å². The normalized spacial score (nSPS) is 11.7. The second kappa shape index (κ2) is 5.52. The van der Waals surface area contributed by atoms with Crippen LogP contribution in [0.3, 0.4) is 0 Å². The largest absolute Gasteiger partial charge is 0.392 e. The number of aliphatic hydroxyl groups is 1. The van der Waals surface area contributed by atoms with Gasteiger partial charge in [0.25, 0.3) is 0 Å². The van der Waals surface area contributed by atoms with Gasteiger partial charge in [0, 0.05) is 19.8 Å². The SMILES string of the molecule is Cn1cc(S(=O)(=O)NCc2ccc(CO)cc2)cn1. The Bertz CT molecular complexity index is 647. The number of nitrogens with zero attached hydrogens (tertiary/aromatic N) is 2. The van der Waals surface area contributed by atoms with Gasteiger partial charge in [-0.3, -0.25) is 4.68 Å². The predicted octanol–water partition coefficient (Wildman–Crippen LogP) is 0.391. The summed E-state index contributed by atoms with van der Waals surface area (Å²) in [6, 6.07) is 7.07. The Kier molecular flexibility index (Phi) is 3.98. The molecule has 0 saturated carbocycles. The molecule has 1 heterocycles. The zero-order valence-electron chi connectivity index (χ0n) is 10.4. The molecule has 0 atom stereocenters. The fraction of sp³-hybridized carbons (Fsp3) is 0.250. The van der Waals surface area contributed by atoms with E-state index in [0.717, 1.165) is 11.1 Å². The van der Waals surface area contributed by atoms with E-state index < -0.39 is 10.0 Å². The van der Waals surface area contributed by atoms with Crippen LogP contribution in [0.15, 0.2) is 41.6 Å². The molecule has 0 aliphatic heterocycles. The van der Waals surface area contributed by atoms with Crippen molar-refractivity contribution in [2.75, 3.05) is 0 Å². The summed E-state index contributed by atoms with van der Waals surface area (Å²) >= 11 is 0. The highest BCUT2D eigenvalue weighted by molar-refractivity contribution is 7.89. The fourth-order valence-corrected chi connectivity index (χ4v) is 2.56. The number of benzene rings is 1. The van der Waals surface area contributed by atoms with Crippen LogP contribution in [0.5, 0.6) is 0 Å². The third-order valence-electron chi connectivity index (χ3n) is 2.66. The van der Waals surface area contributed by atoms with Crippen molar-refractivity contribution in [1.29, 1.82) is 0 Å². The Morgan fingerprint density at radius 3 is 2.42 bits per heavy atom. The molecule has 2 N–H and O–H groups in total. The van der Waals surface area contributed by atoms with Gasteiger partial charge in [0.15, 0.2) is 0 Å². The number of aliphatic hydroxyl groups excluding tert-OH is 1. The molecule has 0 spiro atoms. The predicted molar refractivity (Wildman–Crippen MR) is 69.6 cm³/mol. The third-order valence-corrected chi connectivity index (χ3v) is 4.02. The Morgan fingerprint density at radius 2 is 1.89 bits per heavy atom. The van der Waals surface area contributed by atoms with Crippen LogP contribution < -0.4 is 4.72 Å². The van der Waals surface area contributed by atoms with Gasteiger partial charge in [-0.15, -0.1) is 0 Å². The minimum Gasteiger partial charge on any atom is -0.392 e. The second-order valence-electron chi connectivity index (χ2n) is 4.15. The second-order valence-corrected chi connectivity index (χ2v) is 5.92. The quantitative estimate of drug-likeness (QED) is 0.830. The molecule has 1 aromatic carbocycles. The molecule has 6 nitrogen and oxygen atoms in total. The molecule has 2 aromatic rings. The molecule has 0 saturated heterocycles. The van der Waals surface area contributed by atoms with Gasteiger partial charge in [0.1, 0.15) is 4.90 Å². The molecule has 0 fully saturated rings. The van der Waals surface area contributed by atoms with E-state index in [1.165, 1.54) is 17.1 Å². The van der Waals surface area contributed by atoms with Crippen LogP contribution in [0.25, 0.3) is 0 Å². The number of nitrogens with one attached hydrogen (secondary N) is 1. The molecule has 102 valence electrons. The van der Waals surface area contributed by atoms with Crippen LogP contribution in [0.4, 0.5) is 0 Å². The standard InChI is InChI=1S/C12H15N3O3S/c1-15-8-12(7-13-15)19(17,18)14-6-10-2-4-11(9-16)5-3-10/h2-5,7-8,14,16H,6,9H2,1H3. The number of sulfonamides is 1. The average molecular weight is 281 g/mol. The summed E-state index contributed by atoms with van der Waals surface area (Å²) in [5.41, 5.74) is 1.61. The number of hydrogen-bond acceptors (Lipinski definition) is 4. The molecule has 0 aliphatic rings. The molecule has 1 aromatic heterocycles. The van der Waals surface area contributed by atoms with Gasteiger partial charge >= 0.3 is 0 Å². The van der Waals surface area contributed by atoms with Crippen molar-refractivity contribution in [3.05, 3.63) is 47.8 Å². The van der Waals surface area contributed by atoms with E-state index in [2.05, 4.69) is 9.82 Å². The lowest BCUT2D eigenvalue weighted by Crippen LogP contribution is -2.22. The maximum Gasteiger partial charge on any atom is 0.243 e. The maximum absolute atomic E-state index is 11.9. The van der Waals surface area contributed by atoms with Crippen LogP contribution >= 0.6 is 0 Å². The van der Waals surface area contributed by atoms with Gasteiger partial charge in [-0.1, -0.05) is 24.3 Å². The fourth-order valence-electron chi connectivity index (χ4n) is 1.56. The Labute approximate surface area is 111 Å². The highest BCUT2D eigenvalue weighted by atomic mass is 32.2. The van der Waals surface area contributed by atoms with Gasteiger partial charge in [-0.25, -0.2) is 13.1 Å². The van der Waals surface area contributed by atoms with Crippen molar-refractivity contribution in [2.45, 2.75) is 18.0 Å². The summed E-state index contributed by atoms with van der Waals surface area (Å²) in [4.78, 5) is 0.141. The summed E-state index contributed by atoms with van der Waals surface area (Å²) in [7, 11) is -1.88. The van der Waals surface area contributed by atoms with Gasteiger partial charge in [0.05, 0.1) is 12.8 Å². The average Bonchev–Trinajstić information content (AvgIpc) is 2.85. The molecular weight excluding hydrogens is 266 g/mol. The number of aromatic nitrogens is 2. The molecule has 19 heavy (non-hydrogen) atoms. The molecule has 0 amide bonds. The number of hydrogen-bond donors (Lipinski definition) is 2. The van der Waals surface area contributed by atoms with E-state index in [-0.39, 0.29) is 18.0 Å². The maximum atomic E-state index is 11.9. The molecule has 0 aliphatic carbocycles. The Morgan fingerprint density at radius 1 is 1.26 bits per heavy atom. The van der Waals surface area contributed by atoms with Crippen molar-refractivity contribution >= 4 is 10.0 Å². The topological polar surface area (TPSA) is 84.2 Å². The van der Waals surface area contributed by atoms with Crippen LogP contribution in [0.1, 0.15) is 11.1 Å². The smallest absolute Gasteiger partial charge is 0.243 e. The van der Waals surface area contributed by atoms with E-state index in [9.17, 15) is 8.42 Å². The monoisotopic (exact) mass is 281 g/mol. The summed E-state index contributed by atoms with van der Waals surface area (Å²) in [6.07, 6.45) is 2.74. The number of rotatable bonds is 5. The third kappa shape index (κ3) is 3.40. The molecule has 0 unspecified atom stereocenters. The van der Waals surface area contributed by atoms with Crippen molar-refractivity contribution in [1.82, 2.24) is 14.5 Å². The first kappa shape index (κ1) is 13.7. The minimum absolute atomic E-state index is 0.0261.